The highest BCUT2D eigenvalue weighted by Crippen LogP contribution is 2.27. The van der Waals surface area contributed by atoms with E-state index in [1.807, 2.05) is 78.9 Å². The summed E-state index contributed by atoms with van der Waals surface area (Å²) < 4.78 is 17.0. The van der Waals surface area contributed by atoms with Gasteiger partial charge >= 0.3 is 5.97 Å². The number of hydrogen-bond donors (Lipinski definition) is 0. The molecule has 4 nitrogen and oxygen atoms in total. The third-order valence-corrected chi connectivity index (χ3v) is 4.40. The van der Waals surface area contributed by atoms with E-state index < -0.39 is 0 Å². The predicted molar refractivity (Wildman–Crippen MR) is 117 cm³/mol. The van der Waals surface area contributed by atoms with Crippen LogP contribution in [0.15, 0.2) is 91.0 Å². The van der Waals surface area contributed by atoms with Gasteiger partial charge in [0.2, 0.25) is 0 Å². The molecule has 0 unspecified atom stereocenters. The molecule has 0 N–H and O–H groups in total. The number of carbonyl (C=O) groups is 1. The van der Waals surface area contributed by atoms with E-state index >= 15 is 0 Å². The van der Waals surface area contributed by atoms with Gasteiger partial charge in [0.05, 0.1) is 6.61 Å². The summed E-state index contributed by atoms with van der Waals surface area (Å²) in [7, 11) is 0. The number of benzene rings is 3. The van der Waals surface area contributed by atoms with Crippen LogP contribution in [-0.4, -0.2) is 12.6 Å². The van der Waals surface area contributed by atoms with Crippen molar-refractivity contribution in [3.8, 4) is 11.5 Å². The molecule has 3 aromatic rings. The second kappa shape index (κ2) is 11.5. The summed E-state index contributed by atoms with van der Waals surface area (Å²) in [5.41, 5.74) is 3.16. The lowest BCUT2D eigenvalue weighted by Gasteiger charge is -2.14. The van der Waals surface area contributed by atoms with Crippen molar-refractivity contribution in [2.45, 2.75) is 26.6 Å². The predicted octanol–water partition coefficient (Wildman–Crippen LogP) is 5.51. The first-order chi connectivity index (χ1) is 14.7. The first-order valence-corrected chi connectivity index (χ1v) is 10.0. The molecular weight excluding hydrogens is 376 g/mol. The van der Waals surface area contributed by atoms with E-state index in [-0.39, 0.29) is 5.97 Å². The lowest BCUT2D eigenvalue weighted by Crippen LogP contribution is -2.01. The molecule has 0 aromatic heterocycles. The summed E-state index contributed by atoms with van der Waals surface area (Å²) in [6.45, 7) is 3.09. The molecule has 0 aliphatic rings. The van der Waals surface area contributed by atoms with E-state index in [2.05, 4.69) is 0 Å². The Labute approximate surface area is 177 Å². The smallest absolute Gasteiger partial charge is 0.330 e. The largest absolute Gasteiger partial charge is 0.489 e. The molecular formula is C26H26O4. The maximum atomic E-state index is 11.5. The molecule has 0 atom stereocenters. The molecule has 4 heteroatoms. The highest BCUT2D eigenvalue weighted by molar-refractivity contribution is 5.81. The summed E-state index contributed by atoms with van der Waals surface area (Å²) in [6, 6.07) is 25.8. The van der Waals surface area contributed by atoms with Crippen LogP contribution in [0.3, 0.4) is 0 Å². The van der Waals surface area contributed by atoms with Gasteiger partial charge in [-0.15, -0.1) is 0 Å². The zero-order valence-corrected chi connectivity index (χ0v) is 17.1. The van der Waals surface area contributed by atoms with Crippen LogP contribution in [0.25, 0.3) is 0 Å². The van der Waals surface area contributed by atoms with Gasteiger partial charge in [-0.1, -0.05) is 72.8 Å². The summed E-state index contributed by atoms with van der Waals surface area (Å²) in [6.07, 6.45) is 3.79. The van der Waals surface area contributed by atoms with E-state index in [9.17, 15) is 4.79 Å². The van der Waals surface area contributed by atoms with Gasteiger partial charge < -0.3 is 14.2 Å². The molecule has 0 bridgehead atoms. The Balaban J connectivity index is 1.71. The minimum atomic E-state index is -0.341. The van der Waals surface area contributed by atoms with Crippen LogP contribution in [0.4, 0.5) is 0 Å². The first kappa shape index (κ1) is 21.2. The minimum absolute atomic E-state index is 0.341. The number of rotatable bonds is 10. The molecule has 0 spiro atoms. The second-order valence-corrected chi connectivity index (χ2v) is 6.68. The zero-order chi connectivity index (χ0) is 21.0. The monoisotopic (exact) mass is 402 g/mol. The van der Waals surface area contributed by atoms with Crippen LogP contribution in [0.1, 0.15) is 23.6 Å². The Kier molecular flexibility index (Phi) is 8.10. The van der Waals surface area contributed by atoms with Crippen molar-refractivity contribution < 1.29 is 19.0 Å². The molecule has 0 amide bonds. The SMILES string of the molecule is CCOC(=O)C=CCc1ccc(OCc2ccccc2)cc1OCc1ccccc1. The number of ether oxygens (including phenoxy) is 3. The van der Waals surface area contributed by atoms with Crippen molar-refractivity contribution in [1.82, 2.24) is 0 Å². The van der Waals surface area contributed by atoms with E-state index in [0.29, 0.717) is 26.2 Å². The molecule has 0 fully saturated rings. The fourth-order valence-corrected chi connectivity index (χ4v) is 2.88. The van der Waals surface area contributed by atoms with Crippen molar-refractivity contribution in [1.29, 1.82) is 0 Å². The van der Waals surface area contributed by atoms with Gasteiger partial charge in [0.25, 0.3) is 0 Å². The van der Waals surface area contributed by atoms with Crippen LogP contribution >= 0.6 is 0 Å². The van der Waals surface area contributed by atoms with E-state index in [1.165, 1.54) is 6.08 Å². The molecule has 3 rings (SSSR count). The molecule has 0 radical (unpaired) electrons. The standard InChI is InChI=1S/C26H26O4/c1-2-28-26(27)15-9-14-23-16-17-24(29-19-21-10-5-3-6-11-21)18-25(23)30-20-22-12-7-4-8-13-22/h3-13,15-18H,2,14,19-20H2,1H3. The molecule has 0 heterocycles. The minimum Gasteiger partial charge on any atom is -0.489 e. The maximum absolute atomic E-state index is 11.5. The maximum Gasteiger partial charge on any atom is 0.330 e. The first-order valence-electron chi connectivity index (χ1n) is 10.0. The van der Waals surface area contributed by atoms with E-state index in [0.717, 1.165) is 28.2 Å². The normalized spacial score (nSPS) is 10.7. The highest BCUT2D eigenvalue weighted by atomic mass is 16.5. The van der Waals surface area contributed by atoms with Crippen molar-refractivity contribution in [3.05, 3.63) is 108 Å². The quantitative estimate of drug-likeness (QED) is 0.331. The van der Waals surface area contributed by atoms with Crippen molar-refractivity contribution >= 4 is 5.97 Å². The average Bonchev–Trinajstić information content (AvgIpc) is 2.79. The Hall–Kier alpha value is -3.53. The zero-order valence-electron chi connectivity index (χ0n) is 17.1. The van der Waals surface area contributed by atoms with Gasteiger partial charge in [0.15, 0.2) is 0 Å². The van der Waals surface area contributed by atoms with Gasteiger partial charge in [-0.05, 0) is 36.1 Å². The van der Waals surface area contributed by atoms with Crippen LogP contribution in [-0.2, 0) is 29.2 Å². The van der Waals surface area contributed by atoms with Crippen molar-refractivity contribution in [3.63, 3.8) is 0 Å². The Morgan fingerprint density at radius 2 is 1.47 bits per heavy atom. The van der Waals surface area contributed by atoms with Crippen LogP contribution in [0.5, 0.6) is 11.5 Å². The van der Waals surface area contributed by atoms with Gasteiger partial charge in [-0.25, -0.2) is 4.79 Å². The highest BCUT2D eigenvalue weighted by Gasteiger charge is 2.07. The molecule has 0 aliphatic heterocycles. The molecule has 0 aliphatic carbocycles. The lowest BCUT2D eigenvalue weighted by molar-refractivity contribution is -0.137. The van der Waals surface area contributed by atoms with Crippen LogP contribution in [0, 0.1) is 0 Å². The summed E-state index contributed by atoms with van der Waals surface area (Å²) in [5.74, 6) is 1.13. The van der Waals surface area contributed by atoms with Gasteiger partial charge in [0, 0.05) is 12.1 Å². The number of hydrogen-bond acceptors (Lipinski definition) is 4. The Morgan fingerprint density at radius 3 is 2.10 bits per heavy atom. The number of carbonyl (C=O) groups excluding carboxylic acids is 1. The summed E-state index contributed by atoms with van der Waals surface area (Å²) >= 11 is 0. The van der Waals surface area contributed by atoms with Gasteiger partial charge in [-0.2, -0.15) is 0 Å². The number of allylic oxidation sites excluding steroid dienone is 1. The summed E-state index contributed by atoms with van der Waals surface area (Å²) in [4.78, 5) is 11.5. The fourth-order valence-electron chi connectivity index (χ4n) is 2.88. The van der Waals surface area contributed by atoms with Crippen molar-refractivity contribution in [2.24, 2.45) is 0 Å². The number of esters is 1. The summed E-state index contributed by atoms with van der Waals surface area (Å²) in [5, 5.41) is 0. The Morgan fingerprint density at radius 1 is 0.833 bits per heavy atom. The van der Waals surface area contributed by atoms with E-state index in [4.69, 9.17) is 14.2 Å². The average molecular weight is 402 g/mol. The molecule has 154 valence electrons. The van der Waals surface area contributed by atoms with Crippen LogP contribution in [0.2, 0.25) is 0 Å². The third-order valence-electron chi connectivity index (χ3n) is 4.40. The van der Waals surface area contributed by atoms with Gasteiger partial charge in [0.1, 0.15) is 24.7 Å². The van der Waals surface area contributed by atoms with E-state index in [1.54, 1.807) is 13.0 Å². The second-order valence-electron chi connectivity index (χ2n) is 6.68. The fraction of sp³-hybridized carbons (Fsp3) is 0.192. The molecule has 30 heavy (non-hydrogen) atoms. The lowest BCUT2D eigenvalue weighted by atomic mass is 10.1. The van der Waals surface area contributed by atoms with Crippen molar-refractivity contribution in [2.75, 3.05) is 6.61 Å². The topological polar surface area (TPSA) is 44.8 Å². The molecule has 0 saturated heterocycles. The third kappa shape index (κ3) is 6.82. The molecule has 0 saturated carbocycles. The van der Waals surface area contributed by atoms with Crippen LogP contribution < -0.4 is 9.47 Å². The Bertz CT molecular complexity index is 949. The molecule has 3 aromatic carbocycles. The van der Waals surface area contributed by atoms with Gasteiger partial charge in [-0.3, -0.25) is 0 Å².